The molecule has 28 heavy (non-hydrogen) atoms. The first-order valence-corrected chi connectivity index (χ1v) is 9.12. The Morgan fingerprint density at radius 3 is 2.64 bits per heavy atom. The van der Waals surface area contributed by atoms with Crippen molar-refractivity contribution in [3.05, 3.63) is 60.8 Å². The number of fused-ring (bicyclic) bond motifs is 1. The van der Waals surface area contributed by atoms with Crippen LogP contribution >= 0.6 is 0 Å². The zero-order valence-corrected chi connectivity index (χ0v) is 15.4. The van der Waals surface area contributed by atoms with Crippen molar-refractivity contribution in [3.63, 3.8) is 0 Å². The lowest BCUT2D eigenvalue weighted by Crippen LogP contribution is -2.23. The summed E-state index contributed by atoms with van der Waals surface area (Å²) in [5, 5.41) is 10.00. The molecule has 7 nitrogen and oxygen atoms in total. The molecule has 0 saturated heterocycles. The highest BCUT2D eigenvalue weighted by atomic mass is 16.5. The van der Waals surface area contributed by atoms with Crippen molar-refractivity contribution in [2.24, 2.45) is 0 Å². The number of nitrogens with one attached hydrogen (secondary N) is 2. The summed E-state index contributed by atoms with van der Waals surface area (Å²) >= 11 is 0. The summed E-state index contributed by atoms with van der Waals surface area (Å²) in [6.07, 6.45) is 1.71. The van der Waals surface area contributed by atoms with Crippen LogP contribution in [0.1, 0.15) is 19.4 Å². The molecule has 1 atom stereocenters. The lowest BCUT2D eigenvalue weighted by atomic mass is 10.1. The highest BCUT2D eigenvalue weighted by molar-refractivity contribution is 6.04. The average molecular weight is 376 g/mol. The van der Waals surface area contributed by atoms with E-state index in [9.17, 15) is 9.59 Å². The van der Waals surface area contributed by atoms with Crippen molar-refractivity contribution in [1.29, 1.82) is 0 Å². The fourth-order valence-electron chi connectivity index (χ4n) is 3.23. The normalized spacial score (nSPS) is 15.0. The Morgan fingerprint density at radius 1 is 1.18 bits per heavy atom. The van der Waals surface area contributed by atoms with Crippen LogP contribution in [0.2, 0.25) is 0 Å². The Labute approximate surface area is 162 Å². The van der Waals surface area contributed by atoms with Gasteiger partial charge in [-0.15, -0.1) is 0 Å². The van der Waals surface area contributed by atoms with Crippen LogP contribution in [0.25, 0.3) is 11.1 Å². The molecule has 2 aromatic carbocycles. The molecule has 0 aliphatic carbocycles. The maximum atomic E-state index is 12.4. The third-order valence-corrected chi connectivity index (χ3v) is 4.55. The van der Waals surface area contributed by atoms with Crippen LogP contribution in [0.5, 0.6) is 5.75 Å². The van der Waals surface area contributed by atoms with Crippen molar-refractivity contribution < 1.29 is 14.3 Å². The van der Waals surface area contributed by atoms with E-state index in [4.69, 9.17) is 4.74 Å². The predicted molar refractivity (Wildman–Crippen MR) is 106 cm³/mol. The fourth-order valence-corrected chi connectivity index (χ4v) is 3.23. The van der Waals surface area contributed by atoms with E-state index in [-0.39, 0.29) is 18.2 Å². The van der Waals surface area contributed by atoms with Crippen LogP contribution in [0.3, 0.4) is 0 Å². The summed E-state index contributed by atoms with van der Waals surface area (Å²) < 4.78 is 6.97. The zero-order chi connectivity index (χ0) is 19.5. The Balaban J connectivity index is 1.47. The number of carbonyl (C=O) groups is 2. The van der Waals surface area contributed by atoms with Crippen molar-refractivity contribution >= 4 is 23.3 Å². The summed E-state index contributed by atoms with van der Waals surface area (Å²) in [6, 6.07) is 16.1. The number of aromatic nitrogens is 2. The molecule has 0 radical (unpaired) electrons. The van der Waals surface area contributed by atoms with E-state index in [1.165, 1.54) is 0 Å². The highest BCUT2D eigenvalue weighted by Gasteiger charge is 2.35. The van der Waals surface area contributed by atoms with Gasteiger partial charge in [0, 0.05) is 11.3 Å². The van der Waals surface area contributed by atoms with Gasteiger partial charge in [0.15, 0.2) is 0 Å². The molecule has 1 aromatic heterocycles. The molecule has 0 fully saturated rings. The second-order valence-electron chi connectivity index (χ2n) is 6.43. The van der Waals surface area contributed by atoms with Gasteiger partial charge in [0.1, 0.15) is 17.6 Å². The molecule has 0 bridgehead atoms. The maximum absolute atomic E-state index is 12.4. The number of nitrogens with zero attached hydrogens (tertiary/aromatic N) is 2. The Kier molecular flexibility index (Phi) is 4.80. The van der Waals surface area contributed by atoms with E-state index < -0.39 is 6.04 Å². The van der Waals surface area contributed by atoms with Crippen molar-refractivity contribution in [1.82, 2.24) is 9.78 Å². The van der Waals surface area contributed by atoms with Gasteiger partial charge in [-0.05, 0) is 36.8 Å². The smallest absolute Gasteiger partial charge is 0.251 e. The first kappa shape index (κ1) is 17.8. The number of hydrogen-bond acceptors (Lipinski definition) is 4. The molecule has 0 spiro atoms. The topological polar surface area (TPSA) is 85.2 Å². The van der Waals surface area contributed by atoms with Crippen molar-refractivity contribution in [2.45, 2.75) is 19.4 Å². The van der Waals surface area contributed by atoms with Crippen LogP contribution in [-0.4, -0.2) is 28.2 Å². The van der Waals surface area contributed by atoms with E-state index in [1.54, 1.807) is 35.1 Å². The largest absolute Gasteiger partial charge is 0.494 e. The van der Waals surface area contributed by atoms with Gasteiger partial charge in [0.2, 0.25) is 5.91 Å². The average Bonchev–Trinajstić information content (AvgIpc) is 3.24. The van der Waals surface area contributed by atoms with Crippen molar-refractivity contribution in [2.75, 3.05) is 17.2 Å². The lowest BCUT2D eigenvalue weighted by molar-refractivity contribution is -0.123. The Bertz CT molecular complexity index is 996. The molecule has 3 aromatic rings. The van der Waals surface area contributed by atoms with Crippen LogP contribution in [0, 0.1) is 0 Å². The van der Waals surface area contributed by atoms with E-state index in [0.29, 0.717) is 18.1 Å². The van der Waals surface area contributed by atoms with Gasteiger partial charge >= 0.3 is 0 Å². The number of carbonyl (C=O) groups excluding carboxylic acids is 2. The Hall–Kier alpha value is -3.61. The summed E-state index contributed by atoms with van der Waals surface area (Å²) in [4.78, 5) is 24.9. The first-order chi connectivity index (χ1) is 13.7. The van der Waals surface area contributed by atoms with Crippen molar-refractivity contribution in [3.8, 4) is 16.9 Å². The molecule has 1 unspecified atom stereocenters. The van der Waals surface area contributed by atoms with Gasteiger partial charge in [-0.2, -0.15) is 5.10 Å². The number of anilines is 2. The molecule has 2 amide bonds. The minimum atomic E-state index is -0.671. The van der Waals surface area contributed by atoms with Gasteiger partial charge in [-0.1, -0.05) is 30.3 Å². The maximum Gasteiger partial charge on any atom is 0.251 e. The molecule has 7 heteroatoms. The highest BCUT2D eigenvalue weighted by Crippen LogP contribution is 2.35. The lowest BCUT2D eigenvalue weighted by Gasteiger charge is -2.10. The molecule has 2 N–H and O–H groups in total. The summed E-state index contributed by atoms with van der Waals surface area (Å²) in [7, 11) is 0. The van der Waals surface area contributed by atoms with Crippen LogP contribution in [0.4, 0.5) is 11.5 Å². The SMILES string of the molecule is CCOc1ccc(NC(=O)CC2C(=O)Nc3c(-c4ccccc4)cnn32)cc1. The Morgan fingerprint density at radius 2 is 1.93 bits per heavy atom. The molecule has 2 heterocycles. The first-order valence-electron chi connectivity index (χ1n) is 9.12. The molecule has 4 rings (SSSR count). The van der Waals surface area contributed by atoms with Gasteiger partial charge < -0.3 is 15.4 Å². The second kappa shape index (κ2) is 7.56. The van der Waals surface area contributed by atoms with Crippen LogP contribution in [0.15, 0.2) is 60.8 Å². The molecule has 1 aliphatic heterocycles. The fraction of sp³-hybridized carbons (Fsp3) is 0.190. The van der Waals surface area contributed by atoms with Gasteiger partial charge in [0.05, 0.1) is 19.2 Å². The third kappa shape index (κ3) is 3.46. The summed E-state index contributed by atoms with van der Waals surface area (Å²) in [6.45, 7) is 2.49. The van der Waals surface area contributed by atoms with E-state index in [2.05, 4.69) is 15.7 Å². The van der Waals surface area contributed by atoms with E-state index >= 15 is 0 Å². The van der Waals surface area contributed by atoms with Crippen LogP contribution in [-0.2, 0) is 9.59 Å². The minimum Gasteiger partial charge on any atom is -0.494 e. The van der Waals surface area contributed by atoms with Crippen LogP contribution < -0.4 is 15.4 Å². The quantitative estimate of drug-likeness (QED) is 0.690. The third-order valence-electron chi connectivity index (χ3n) is 4.55. The molecule has 142 valence electrons. The standard InChI is InChI=1S/C21H20N4O3/c1-2-28-16-10-8-15(9-11-16)23-19(26)12-18-21(27)24-20-17(13-22-25(18)20)14-6-4-3-5-7-14/h3-11,13,18H,2,12H2,1H3,(H,23,26)(H,24,27). The number of hydrogen-bond donors (Lipinski definition) is 2. The predicted octanol–water partition coefficient (Wildman–Crippen LogP) is 3.47. The van der Waals surface area contributed by atoms with Gasteiger partial charge in [-0.3, -0.25) is 9.59 Å². The van der Waals surface area contributed by atoms with E-state index in [1.807, 2.05) is 37.3 Å². The van der Waals surface area contributed by atoms with E-state index in [0.717, 1.165) is 16.9 Å². The molecular weight excluding hydrogens is 356 g/mol. The van der Waals surface area contributed by atoms with Gasteiger partial charge in [0.25, 0.3) is 5.91 Å². The summed E-state index contributed by atoms with van der Waals surface area (Å²) in [5.74, 6) is 0.872. The molecular formula is C21H20N4O3. The molecule has 1 aliphatic rings. The molecule has 0 saturated carbocycles. The second-order valence-corrected chi connectivity index (χ2v) is 6.43. The number of rotatable bonds is 6. The minimum absolute atomic E-state index is 0.00194. The monoisotopic (exact) mass is 376 g/mol. The zero-order valence-electron chi connectivity index (χ0n) is 15.4. The summed E-state index contributed by atoms with van der Waals surface area (Å²) in [5.41, 5.74) is 2.45. The number of amides is 2. The number of benzene rings is 2. The van der Waals surface area contributed by atoms with Gasteiger partial charge in [-0.25, -0.2) is 4.68 Å². The number of ether oxygens (including phenoxy) is 1.